The minimum absolute atomic E-state index is 0.287. The molecule has 4 rings (SSSR count). The molecule has 2 aromatic carbocycles. The molecule has 0 aromatic heterocycles. The zero-order valence-electron chi connectivity index (χ0n) is 18.1. The van der Waals surface area contributed by atoms with Gasteiger partial charge in [0, 0.05) is 24.2 Å². The lowest BCUT2D eigenvalue weighted by atomic mass is 9.76. The van der Waals surface area contributed by atoms with Crippen LogP contribution in [0, 0.1) is 17.6 Å². The summed E-state index contributed by atoms with van der Waals surface area (Å²) < 4.78 is 129. The predicted molar refractivity (Wildman–Crippen MR) is 114 cm³/mol. The fraction of sp³-hybridized carbons (Fsp3) is 0.364. The molecular weight excluding hydrogens is 519 g/mol. The number of hydrogen-bond donors (Lipinski definition) is 0. The predicted octanol–water partition coefficient (Wildman–Crippen LogP) is 4.01. The molecule has 6 nitrogen and oxygen atoms in total. The Kier molecular flexibility index (Phi) is 6.25. The van der Waals surface area contributed by atoms with Crippen LogP contribution in [0.1, 0.15) is 17.5 Å². The Labute approximate surface area is 198 Å². The van der Waals surface area contributed by atoms with Crippen LogP contribution >= 0.6 is 0 Å². The average molecular weight is 539 g/mol. The Morgan fingerprint density at radius 3 is 2.23 bits per heavy atom. The highest BCUT2D eigenvalue weighted by atomic mass is 32.2. The molecule has 0 bridgehead atoms. The molecular formula is C22H19F5O6S2. The molecule has 0 spiro atoms. The van der Waals surface area contributed by atoms with Crippen molar-refractivity contribution >= 4 is 19.7 Å². The minimum atomic E-state index is -4.72. The van der Waals surface area contributed by atoms with Gasteiger partial charge < -0.3 is 9.47 Å². The zero-order chi connectivity index (χ0) is 25.8. The summed E-state index contributed by atoms with van der Waals surface area (Å²) in [5, 5.41) is 0.802. The molecule has 2 heterocycles. The maximum Gasteiger partial charge on any atom is 0.416 e. The Bertz CT molecular complexity index is 1380. The molecule has 2 aliphatic heterocycles. The van der Waals surface area contributed by atoms with Gasteiger partial charge in [-0.25, -0.2) is 25.6 Å². The largest absolute Gasteiger partial charge is 0.490 e. The van der Waals surface area contributed by atoms with Crippen LogP contribution < -0.4 is 4.74 Å². The summed E-state index contributed by atoms with van der Waals surface area (Å²) in [5.41, 5.74) is -1.69. The van der Waals surface area contributed by atoms with Crippen LogP contribution in [0.25, 0.3) is 0 Å². The smallest absolute Gasteiger partial charge is 0.416 e. The van der Waals surface area contributed by atoms with E-state index in [4.69, 9.17) is 9.47 Å². The van der Waals surface area contributed by atoms with Crippen LogP contribution in [0.3, 0.4) is 0 Å². The summed E-state index contributed by atoms with van der Waals surface area (Å²) in [6.07, 6.45) is -4.29. The van der Waals surface area contributed by atoms with Crippen molar-refractivity contribution in [1.29, 1.82) is 0 Å². The third kappa shape index (κ3) is 4.33. The van der Waals surface area contributed by atoms with Crippen LogP contribution in [-0.4, -0.2) is 42.4 Å². The SMILES string of the molecule is CS(=O)(=O)/C=C/[C@@H]1OCC[C@@]2(S(=O)(=O)c3ccc(C(F)(F)F)cc3)c3c(F)ccc(F)c3OC[C@@H]12. The van der Waals surface area contributed by atoms with Crippen molar-refractivity contribution in [2.45, 2.75) is 28.3 Å². The van der Waals surface area contributed by atoms with Gasteiger partial charge in [-0.05, 0) is 48.9 Å². The van der Waals surface area contributed by atoms with E-state index in [1.54, 1.807) is 0 Å². The molecule has 0 N–H and O–H groups in total. The van der Waals surface area contributed by atoms with Crippen LogP contribution in [-0.2, 0) is 35.3 Å². The summed E-state index contributed by atoms with van der Waals surface area (Å²) in [7, 11) is -8.36. The van der Waals surface area contributed by atoms with Gasteiger partial charge in [0.2, 0.25) is 0 Å². The van der Waals surface area contributed by atoms with Gasteiger partial charge in [0.15, 0.2) is 31.2 Å². The Balaban J connectivity index is 1.97. The first-order chi connectivity index (χ1) is 16.2. The van der Waals surface area contributed by atoms with Crippen LogP contribution in [0.15, 0.2) is 52.8 Å². The number of benzene rings is 2. The standard InChI is InChI=1S/C22H19F5O6S2/c1-34(28,29)11-8-18-15-12-33-20-17(24)7-6-16(23)19(20)21(15,9-10-32-18)35(30,31)14-4-2-13(3-5-14)22(25,26)27/h2-8,11,15,18H,9-10,12H2,1H3/b11-8+/t15-,18-,21-/m0/s1. The second kappa shape index (κ2) is 8.56. The summed E-state index contributed by atoms with van der Waals surface area (Å²) in [6.45, 7) is -0.767. The van der Waals surface area contributed by atoms with Gasteiger partial charge in [-0.15, -0.1) is 0 Å². The molecule has 0 unspecified atom stereocenters. The molecule has 2 aromatic rings. The van der Waals surface area contributed by atoms with Crippen LogP contribution in [0.4, 0.5) is 22.0 Å². The molecule has 2 aliphatic rings. The lowest BCUT2D eigenvalue weighted by molar-refractivity contribution is -0.137. The van der Waals surface area contributed by atoms with Gasteiger partial charge in [-0.2, -0.15) is 13.2 Å². The van der Waals surface area contributed by atoms with Gasteiger partial charge in [-0.3, -0.25) is 0 Å². The second-order valence-corrected chi connectivity index (χ2v) is 12.4. The number of rotatable bonds is 4. The van der Waals surface area contributed by atoms with Gasteiger partial charge in [-0.1, -0.05) is 0 Å². The van der Waals surface area contributed by atoms with Crippen molar-refractivity contribution in [3.8, 4) is 5.75 Å². The maximum absolute atomic E-state index is 15.2. The van der Waals surface area contributed by atoms with Crippen molar-refractivity contribution < 1.29 is 48.3 Å². The first kappa shape index (κ1) is 25.6. The quantitative estimate of drug-likeness (QED) is 0.547. The molecule has 0 aliphatic carbocycles. The van der Waals surface area contributed by atoms with Gasteiger partial charge in [0.25, 0.3) is 0 Å². The fourth-order valence-corrected chi connectivity index (χ4v) is 7.37. The third-order valence-corrected chi connectivity index (χ3v) is 9.37. The minimum Gasteiger partial charge on any atom is -0.490 e. The van der Waals surface area contributed by atoms with Crippen molar-refractivity contribution in [3.63, 3.8) is 0 Å². The summed E-state index contributed by atoms with van der Waals surface area (Å²) in [4.78, 5) is -0.542. The topological polar surface area (TPSA) is 86.7 Å². The van der Waals surface area contributed by atoms with E-state index in [-0.39, 0.29) is 13.0 Å². The number of alkyl halides is 3. The summed E-state index contributed by atoms with van der Waals surface area (Å²) in [6, 6.07) is 4.19. The number of fused-ring (bicyclic) bond motifs is 3. The molecule has 0 radical (unpaired) electrons. The third-order valence-electron chi connectivity index (χ3n) is 6.16. The molecule has 1 saturated heterocycles. The van der Waals surface area contributed by atoms with E-state index in [0.717, 1.165) is 42.0 Å². The van der Waals surface area contributed by atoms with E-state index < -0.39 is 82.6 Å². The fourth-order valence-electron chi connectivity index (χ4n) is 4.61. The molecule has 13 heteroatoms. The molecule has 3 atom stereocenters. The first-order valence-electron chi connectivity index (χ1n) is 10.2. The molecule has 0 amide bonds. The molecule has 190 valence electrons. The van der Waals surface area contributed by atoms with E-state index in [0.29, 0.717) is 12.1 Å². The van der Waals surface area contributed by atoms with Gasteiger partial charge in [0.1, 0.15) is 10.6 Å². The zero-order valence-corrected chi connectivity index (χ0v) is 19.7. The average Bonchev–Trinajstić information content (AvgIpc) is 2.78. The Morgan fingerprint density at radius 2 is 1.63 bits per heavy atom. The lowest BCUT2D eigenvalue weighted by Gasteiger charge is -2.49. The Morgan fingerprint density at radius 1 is 1.00 bits per heavy atom. The molecule has 0 saturated carbocycles. The highest BCUT2D eigenvalue weighted by molar-refractivity contribution is 7.93. The van der Waals surface area contributed by atoms with Gasteiger partial charge in [0.05, 0.1) is 28.7 Å². The van der Waals surface area contributed by atoms with Crippen LogP contribution in [0.2, 0.25) is 0 Å². The van der Waals surface area contributed by atoms with Gasteiger partial charge >= 0.3 is 6.18 Å². The number of hydrogen-bond acceptors (Lipinski definition) is 6. The van der Waals surface area contributed by atoms with Crippen molar-refractivity contribution in [1.82, 2.24) is 0 Å². The first-order valence-corrected chi connectivity index (χ1v) is 13.7. The van der Waals surface area contributed by atoms with E-state index >= 15 is 4.39 Å². The summed E-state index contributed by atoms with van der Waals surface area (Å²) in [5.74, 6) is -3.97. The number of sulfone groups is 2. The number of ether oxygens (including phenoxy) is 2. The highest BCUT2D eigenvalue weighted by Gasteiger charge is 2.61. The van der Waals surface area contributed by atoms with Crippen LogP contribution in [0.5, 0.6) is 5.75 Å². The van der Waals surface area contributed by atoms with E-state index in [9.17, 15) is 34.4 Å². The van der Waals surface area contributed by atoms with E-state index in [1.807, 2.05) is 0 Å². The van der Waals surface area contributed by atoms with E-state index in [1.165, 1.54) is 0 Å². The maximum atomic E-state index is 15.2. The molecule has 1 fully saturated rings. The van der Waals surface area contributed by atoms with Crippen molar-refractivity contribution in [2.24, 2.45) is 5.92 Å². The van der Waals surface area contributed by atoms with Crippen molar-refractivity contribution in [3.05, 3.63) is 70.6 Å². The normalized spacial score (nSPS) is 25.1. The lowest BCUT2D eigenvalue weighted by Crippen LogP contribution is -2.57. The highest BCUT2D eigenvalue weighted by Crippen LogP contribution is 2.55. The van der Waals surface area contributed by atoms with E-state index in [2.05, 4.69) is 0 Å². The second-order valence-electron chi connectivity index (χ2n) is 8.31. The summed E-state index contributed by atoms with van der Waals surface area (Å²) >= 11 is 0. The molecule has 35 heavy (non-hydrogen) atoms. The van der Waals surface area contributed by atoms with Crippen molar-refractivity contribution in [2.75, 3.05) is 19.5 Å². The monoisotopic (exact) mass is 538 g/mol. The Hall–Kier alpha value is -2.51. The number of halogens is 5.